The summed E-state index contributed by atoms with van der Waals surface area (Å²) in [7, 11) is 0. The van der Waals surface area contributed by atoms with Crippen molar-refractivity contribution < 1.29 is 37.7 Å². The highest BCUT2D eigenvalue weighted by Gasteiger charge is 2.39. The van der Waals surface area contributed by atoms with Crippen LogP contribution in [0.1, 0.15) is 41.0 Å². The summed E-state index contributed by atoms with van der Waals surface area (Å²) < 4.78 is 35.6. The van der Waals surface area contributed by atoms with Gasteiger partial charge < -0.3 is 29.2 Å². The maximum Gasteiger partial charge on any atom is 0.410 e. The average molecular weight is 450 g/mol. The molecule has 1 N–H and O–H groups in total. The zero-order valence-electron chi connectivity index (χ0n) is 18.7. The molecule has 0 saturated carbocycles. The fraction of sp³-hybridized carbons (Fsp3) is 0.500. The number of nitrogens with one attached hydrogen (secondary N) is 1. The maximum atomic E-state index is 14.5. The first kappa shape index (κ1) is 23.4. The van der Waals surface area contributed by atoms with Gasteiger partial charge in [0.1, 0.15) is 11.7 Å². The Labute approximate surface area is 185 Å². The van der Waals surface area contributed by atoms with E-state index in [1.807, 2.05) is 0 Å². The Morgan fingerprint density at radius 3 is 2.50 bits per heavy atom. The summed E-state index contributed by atoms with van der Waals surface area (Å²) in [4.78, 5) is 37.6. The van der Waals surface area contributed by atoms with Crippen LogP contribution in [0.3, 0.4) is 0 Å². The minimum atomic E-state index is -1.34. The van der Waals surface area contributed by atoms with Crippen molar-refractivity contribution in [3.8, 4) is 5.75 Å². The van der Waals surface area contributed by atoms with E-state index < -0.39 is 35.2 Å². The lowest BCUT2D eigenvalue weighted by atomic mass is 10.2. The van der Waals surface area contributed by atoms with Gasteiger partial charge in [0.05, 0.1) is 6.54 Å². The van der Waals surface area contributed by atoms with Crippen molar-refractivity contribution in [1.82, 2.24) is 4.90 Å². The molecule has 0 spiro atoms. The molecule has 0 aliphatic carbocycles. The molecule has 0 radical (unpaired) electrons. The molecule has 1 aromatic carbocycles. The molecule has 3 rings (SSSR count). The van der Waals surface area contributed by atoms with Crippen molar-refractivity contribution in [2.45, 2.75) is 58.5 Å². The topological polar surface area (TPSA) is 103 Å². The molecule has 2 aliphatic heterocycles. The van der Waals surface area contributed by atoms with Gasteiger partial charge in [0.2, 0.25) is 0 Å². The zero-order valence-corrected chi connectivity index (χ0v) is 18.7. The van der Waals surface area contributed by atoms with Gasteiger partial charge in [-0.3, -0.25) is 0 Å². The van der Waals surface area contributed by atoms with Crippen molar-refractivity contribution in [3.05, 3.63) is 35.8 Å². The number of likely N-dealkylation sites (tertiary alicyclic amines) is 1. The number of ether oxygens (including phenoxy) is 4. The van der Waals surface area contributed by atoms with Gasteiger partial charge >= 0.3 is 18.0 Å². The molecule has 1 atom stereocenters. The van der Waals surface area contributed by atoms with Gasteiger partial charge in [-0.05, 0) is 32.9 Å². The summed E-state index contributed by atoms with van der Waals surface area (Å²) in [5.41, 5.74) is -0.644. The molecule has 1 unspecified atom stereocenters. The van der Waals surface area contributed by atoms with Crippen LogP contribution in [0.5, 0.6) is 5.75 Å². The summed E-state index contributed by atoms with van der Waals surface area (Å²) >= 11 is 0. The van der Waals surface area contributed by atoms with Crippen LogP contribution in [0, 0.1) is 5.82 Å². The molecule has 2 aliphatic rings. The second kappa shape index (κ2) is 8.68. The van der Waals surface area contributed by atoms with E-state index in [0.717, 1.165) is 12.3 Å². The lowest BCUT2D eigenvalue weighted by molar-refractivity contribution is -0.222. The van der Waals surface area contributed by atoms with Crippen LogP contribution >= 0.6 is 0 Å². The Morgan fingerprint density at radius 2 is 1.91 bits per heavy atom. The third-order valence-corrected chi connectivity index (χ3v) is 4.52. The molecule has 2 fully saturated rings. The van der Waals surface area contributed by atoms with Crippen molar-refractivity contribution in [2.75, 3.05) is 18.4 Å². The number of cyclic esters (lactones) is 2. The normalized spacial score (nSPS) is 20.4. The standard InChI is InChI=1S/C22H27FN2O7/c1-21(2,3)32-20(28)25-9-8-14(12-25)29-17-7-6-13(10-16(17)23)24-11-15-18(26)30-22(4,5)31-19(15)27/h6-7,10-11,14,24H,8-9,12H2,1-5H3. The minimum absolute atomic E-state index is 0.0254. The highest BCUT2D eigenvalue weighted by molar-refractivity contribution is 6.15. The van der Waals surface area contributed by atoms with E-state index in [4.69, 9.17) is 18.9 Å². The molecule has 1 aromatic rings. The summed E-state index contributed by atoms with van der Waals surface area (Å²) in [6.45, 7) is 9.00. The number of halogens is 1. The average Bonchev–Trinajstić information content (AvgIpc) is 3.09. The van der Waals surface area contributed by atoms with E-state index in [1.165, 1.54) is 30.9 Å². The molecular formula is C22H27FN2O7. The fourth-order valence-electron chi connectivity index (χ4n) is 3.12. The van der Waals surface area contributed by atoms with Crippen molar-refractivity contribution in [1.29, 1.82) is 0 Å². The van der Waals surface area contributed by atoms with E-state index >= 15 is 0 Å². The molecule has 0 aromatic heterocycles. The molecule has 174 valence electrons. The Morgan fingerprint density at radius 1 is 1.25 bits per heavy atom. The predicted octanol–water partition coefficient (Wildman–Crippen LogP) is 3.35. The van der Waals surface area contributed by atoms with Crippen molar-refractivity contribution in [3.63, 3.8) is 0 Å². The molecule has 0 bridgehead atoms. The van der Waals surface area contributed by atoms with Gasteiger partial charge in [0, 0.05) is 44.8 Å². The summed E-state index contributed by atoms with van der Waals surface area (Å²) in [6, 6.07) is 4.11. The number of rotatable bonds is 4. The van der Waals surface area contributed by atoms with E-state index in [9.17, 15) is 18.8 Å². The molecule has 1 amide bonds. The number of benzene rings is 1. The van der Waals surface area contributed by atoms with Gasteiger partial charge in [-0.1, -0.05) is 0 Å². The maximum absolute atomic E-state index is 14.5. The van der Waals surface area contributed by atoms with Crippen LogP contribution in [0.15, 0.2) is 30.0 Å². The number of carbonyl (C=O) groups is 3. The second-order valence-electron chi connectivity index (χ2n) is 8.98. The van der Waals surface area contributed by atoms with Gasteiger partial charge in [-0.25, -0.2) is 18.8 Å². The van der Waals surface area contributed by atoms with Crippen LogP contribution < -0.4 is 10.1 Å². The quantitative estimate of drug-likeness (QED) is 0.423. The molecule has 2 heterocycles. The third-order valence-electron chi connectivity index (χ3n) is 4.52. The SMILES string of the molecule is CC(C)(C)OC(=O)N1CCC(Oc2ccc(NC=C3C(=O)OC(C)(C)OC3=O)cc2F)C1. The first-order valence-corrected chi connectivity index (χ1v) is 10.2. The molecule has 10 heteroatoms. The first-order valence-electron chi connectivity index (χ1n) is 10.2. The molecular weight excluding hydrogens is 423 g/mol. The number of nitrogens with zero attached hydrogens (tertiary/aromatic N) is 1. The van der Waals surface area contributed by atoms with E-state index in [2.05, 4.69) is 5.32 Å². The van der Waals surface area contributed by atoms with Crippen LogP contribution in [-0.4, -0.2) is 53.5 Å². The molecule has 32 heavy (non-hydrogen) atoms. The first-order chi connectivity index (χ1) is 14.8. The fourth-order valence-corrected chi connectivity index (χ4v) is 3.12. The molecule has 9 nitrogen and oxygen atoms in total. The minimum Gasteiger partial charge on any atom is -0.485 e. The Kier molecular flexibility index (Phi) is 6.34. The highest BCUT2D eigenvalue weighted by Crippen LogP contribution is 2.26. The smallest absolute Gasteiger partial charge is 0.410 e. The summed E-state index contributed by atoms with van der Waals surface area (Å²) in [5, 5.41) is 2.68. The van der Waals surface area contributed by atoms with Gasteiger partial charge in [0.25, 0.3) is 5.79 Å². The Bertz CT molecular complexity index is 930. The summed E-state index contributed by atoms with van der Waals surface area (Å²) in [5.74, 6) is -3.63. The van der Waals surface area contributed by atoms with Crippen LogP contribution in [0.25, 0.3) is 0 Å². The van der Waals surface area contributed by atoms with Gasteiger partial charge in [-0.15, -0.1) is 0 Å². The van der Waals surface area contributed by atoms with Crippen LogP contribution in [0.2, 0.25) is 0 Å². The number of anilines is 1. The van der Waals surface area contributed by atoms with Crippen molar-refractivity contribution in [2.24, 2.45) is 0 Å². The predicted molar refractivity (Wildman–Crippen MR) is 111 cm³/mol. The van der Waals surface area contributed by atoms with E-state index in [-0.39, 0.29) is 23.1 Å². The number of amides is 1. The lowest BCUT2D eigenvalue weighted by Crippen LogP contribution is -2.42. The highest BCUT2D eigenvalue weighted by atomic mass is 19.1. The van der Waals surface area contributed by atoms with Crippen LogP contribution in [-0.2, 0) is 23.8 Å². The Balaban J connectivity index is 1.59. The largest absolute Gasteiger partial charge is 0.485 e. The second-order valence-corrected chi connectivity index (χ2v) is 8.98. The number of hydrogen-bond acceptors (Lipinski definition) is 8. The lowest BCUT2D eigenvalue weighted by Gasteiger charge is -2.29. The van der Waals surface area contributed by atoms with E-state index in [0.29, 0.717) is 19.5 Å². The van der Waals surface area contributed by atoms with Crippen molar-refractivity contribution >= 4 is 23.7 Å². The van der Waals surface area contributed by atoms with E-state index in [1.54, 1.807) is 20.8 Å². The third kappa shape index (κ3) is 5.89. The van der Waals surface area contributed by atoms with Gasteiger partial charge in [0.15, 0.2) is 17.1 Å². The monoisotopic (exact) mass is 450 g/mol. The van der Waals surface area contributed by atoms with Crippen LogP contribution in [0.4, 0.5) is 14.9 Å². The number of carbonyl (C=O) groups excluding carboxylic acids is 3. The van der Waals surface area contributed by atoms with Gasteiger partial charge in [-0.2, -0.15) is 0 Å². The Hall–Kier alpha value is -3.30. The zero-order chi connectivity index (χ0) is 23.7. The number of esters is 2. The molecule has 2 saturated heterocycles. The number of hydrogen-bond donors (Lipinski definition) is 1. The summed E-state index contributed by atoms with van der Waals surface area (Å²) in [6.07, 6.45) is 0.851.